The second-order valence-electron chi connectivity index (χ2n) is 4.53. The van der Waals surface area contributed by atoms with Crippen molar-refractivity contribution in [3.63, 3.8) is 0 Å². The van der Waals surface area contributed by atoms with Crippen LogP contribution in [0, 0.1) is 6.92 Å². The molecule has 0 aliphatic heterocycles. The fourth-order valence-corrected chi connectivity index (χ4v) is 2.09. The van der Waals surface area contributed by atoms with Crippen molar-refractivity contribution in [3.05, 3.63) is 83.1 Å². The van der Waals surface area contributed by atoms with Crippen LogP contribution < -0.4 is 0 Å². The van der Waals surface area contributed by atoms with Gasteiger partial charge >= 0.3 is 0 Å². The van der Waals surface area contributed by atoms with E-state index in [1.807, 2.05) is 43.3 Å². The van der Waals surface area contributed by atoms with Crippen LogP contribution >= 0.6 is 0 Å². The molecule has 2 nitrogen and oxygen atoms in total. The number of allylic oxidation sites excluding steroid dienone is 1. The minimum Gasteiger partial charge on any atom is -0.513 e. The highest BCUT2D eigenvalue weighted by Crippen LogP contribution is 2.19. The fourth-order valence-electron chi connectivity index (χ4n) is 2.09. The molecule has 0 aliphatic carbocycles. The standard InChI is InChI=1S/C17H16O2/c1-12(18)11-15-9-6-10-16(13(15)2)17(19)14-7-4-3-5-8-14/h3-10,18H,1,11H2,2H3. The van der Waals surface area contributed by atoms with Crippen LogP contribution in [-0.2, 0) is 6.42 Å². The van der Waals surface area contributed by atoms with Gasteiger partial charge in [0.1, 0.15) is 0 Å². The highest BCUT2D eigenvalue weighted by molar-refractivity contribution is 6.10. The first kappa shape index (κ1) is 13.1. The zero-order valence-electron chi connectivity index (χ0n) is 10.9. The zero-order valence-corrected chi connectivity index (χ0v) is 10.9. The molecule has 0 aromatic heterocycles. The molecule has 0 heterocycles. The van der Waals surface area contributed by atoms with E-state index in [1.165, 1.54) is 0 Å². The first-order chi connectivity index (χ1) is 9.09. The van der Waals surface area contributed by atoms with Gasteiger partial charge in [0, 0.05) is 17.5 Å². The number of benzene rings is 2. The minimum absolute atomic E-state index is 0.00324. The lowest BCUT2D eigenvalue weighted by Gasteiger charge is -2.10. The quantitative estimate of drug-likeness (QED) is 0.663. The number of hydrogen-bond acceptors (Lipinski definition) is 2. The predicted molar refractivity (Wildman–Crippen MR) is 76.5 cm³/mol. The van der Waals surface area contributed by atoms with Gasteiger partial charge in [-0.1, -0.05) is 55.1 Å². The van der Waals surface area contributed by atoms with E-state index in [9.17, 15) is 9.90 Å². The number of rotatable bonds is 4. The third kappa shape index (κ3) is 2.91. The van der Waals surface area contributed by atoms with Gasteiger partial charge in [-0.2, -0.15) is 0 Å². The highest BCUT2D eigenvalue weighted by Gasteiger charge is 2.13. The van der Waals surface area contributed by atoms with E-state index < -0.39 is 0 Å². The Labute approximate surface area is 113 Å². The molecule has 0 aliphatic rings. The van der Waals surface area contributed by atoms with Crippen molar-refractivity contribution in [2.24, 2.45) is 0 Å². The molecule has 0 bridgehead atoms. The Morgan fingerprint density at radius 1 is 1.11 bits per heavy atom. The number of hydrogen-bond donors (Lipinski definition) is 1. The van der Waals surface area contributed by atoms with Gasteiger partial charge in [-0.3, -0.25) is 4.79 Å². The van der Waals surface area contributed by atoms with Crippen LogP contribution in [0.4, 0.5) is 0 Å². The Balaban J connectivity index is 2.41. The Morgan fingerprint density at radius 2 is 1.79 bits per heavy atom. The van der Waals surface area contributed by atoms with E-state index in [-0.39, 0.29) is 11.5 Å². The summed E-state index contributed by atoms with van der Waals surface area (Å²) in [7, 11) is 0. The average Bonchev–Trinajstić information content (AvgIpc) is 2.41. The van der Waals surface area contributed by atoms with E-state index in [0.29, 0.717) is 17.5 Å². The van der Waals surface area contributed by atoms with Crippen LogP contribution in [0.3, 0.4) is 0 Å². The third-order valence-corrected chi connectivity index (χ3v) is 3.12. The lowest BCUT2D eigenvalue weighted by Crippen LogP contribution is -2.06. The fraction of sp³-hybridized carbons (Fsp3) is 0.118. The number of carbonyl (C=O) groups excluding carboxylic acids is 1. The predicted octanol–water partition coefficient (Wildman–Crippen LogP) is 3.84. The molecule has 0 unspecified atom stereocenters. The van der Waals surface area contributed by atoms with Crippen LogP contribution in [0.25, 0.3) is 0 Å². The van der Waals surface area contributed by atoms with Gasteiger partial charge in [-0.05, 0) is 18.1 Å². The largest absolute Gasteiger partial charge is 0.513 e. The lowest BCUT2D eigenvalue weighted by atomic mass is 9.94. The summed E-state index contributed by atoms with van der Waals surface area (Å²) in [5.41, 5.74) is 3.16. The van der Waals surface area contributed by atoms with Crippen LogP contribution in [-0.4, -0.2) is 10.9 Å². The smallest absolute Gasteiger partial charge is 0.193 e. The van der Waals surface area contributed by atoms with Gasteiger partial charge in [-0.25, -0.2) is 0 Å². The van der Waals surface area contributed by atoms with E-state index in [4.69, 9.17) is 0 Å². The first-order valence-corrected chi connectivity index (χ1v) is 6.14. The highest BCUT2D eigenvalue weighted by atomic mass is 16.3. The van der Waals surface area contributed by atoms with Crippen molar-refractivity contribution >= 4 is 5.78 Å². The summed E-state index contributed by atoms with van der Waals surface area (Å²) in [5, 5.41) is 9.30. The van der Waals surface area contributed by atoms with E-state index >= 15 is 0 Å². The average molecular weight is 252 g/mol. The first-order valence-electron chi connectivity index (χ1n) is 6.14. The van der Waals surface area contributed by atoms with E-state index in [0.717, 1.165) is 11.1 Å². The van der Waals surface area contributed by atoms with Crippen molar-refractivity contribution in [2.75, 3.05) is 0 Å². The molecule has 0 saturated carbocycles. The summed E-state index contributed by atoms with van der Waals surface area (Å²) in [5.74, 6) is 0.107. The summed E-state index contributed by atoms with van der Waals surface area (Å²) < 4.78 is 0. The van der Waals surface area contributed by atoms with Gasteiger partial charge in [0.25, 0.3) is 0 Å². The van der Waals surface area contributed by atoms with Crippen LogP contribution in [0.1, 0.15) is 27.0 Å². The van der Waals surface area contributed by atoms with Crippen LogP contribution in [0.2, 0.25) is 0 Å². The van der Waals surface area contributed by atoms with Gasteiger partial charge < -0.3 is 5.11 Å². The summed E-state index contributed by atoms with van der Waals surface area (Å²) in [6.07, 6.45) is 0.377. The second kappa shape index (κ2) is 5.53. The Hall–Kier alpha value is -2.35. The molecule has 2 heteroatoms. The Bertz CT molecular complexity index is 612. The summed E-state index contributed by atoms with van der Waals surface area (Å²) in [4.78, 5) is 12.4. The van der Waals surface area contributed by atoms with Crippen molar-refractivity contribution < 1.29 is 9.90 Å². The summed E-state index contributed by atoms with van der Waals surface area (Å²) in [6, 6.07) is 14.7. The molecule has 0 radical (unpaired) electrons. The lowest BCUT2D eigenvalue weighted by molar-refractivity contribution is 0.103. The summed E-state index contributed by atoms with van der Waals surface area (Å²) >= 11 is 0. The molecule has 0 saturated heterocycles. The van der Waals surface area contributed by atoms with Gasteiger partial charge in [0.15, 0.2) is 5.78 Å². The molecule has 2 aromatic rings. The second-order valence-corrected chi connectivity index (χ2v) is 4.53. The van der Waals surface area contributed by atoms with E-state index in [1.54, 1.807) is 12.1 Å². The molecule has 2 aromatic carbocycles. The maximum absolute atomic E-state index is 12.4. The topological polar surface area (TPSA) is 37.3 Å². The van der Waals surface area contributed by atoms with Gasteiger partial charge in [-0.15, -0.1) is 0 Å². The monoisotopic (exact) mass is 252 g/mol. The zero-order chi connectivity index (χ0) is 13.8. The molecule has 96 valence electrons. The van der Waals surface area contributed by atoms with Crippen molar-refractivity contribution in [3.8, 4) is 0 Å². The van der Waals surface area contributed by atoms with Crippen LogP contribution in [0.15, 0.2) is 60.9 Å². The van der Waals surface area contributed by atoms with Gasteiger partial charge in [0.05, 0.1) is 5.76 Å². The maximum Gasteiger partial charge on any atom is 0.193 e. The number of carbonyl (C=O) groups is 1. The minimum atomic E-state index is 0.00324. The number of aliphatic hydroxyl groups excluding tert-OH is 1. The van der Waals surface area contributed by atoms with E-state index in [2.05, 4.69) is 6.58 Å². The maximum atomic E-state index is 12.4. The molecule has 0 amide bonds. The molecule has 0 fully saturated rings. The molecule has 1 N–H and O–H groups in total. The van der Waals surface area contributed by atoms with Crippen molar-refractivity contribution in [1.82, 2.24) is 0 Å². The molecular weight excluding hydrogens is 236 g/mol. The Morgan fingerprint density at radius 3 is 2.42 bits per heavy atom. The Kier molecular flexibility index (Phi) is 3.81. The molecule has 2 rings (SSSR count). The SMILES string of the molecule is C=C(O)Cc1cccc(C(=O)c2ccccc2)c1C. The normalized spacial score (nSPS) is 10.2. The van der Waals surface area contributed by atoms with Crippen molar-refractivity contribution in [2.45, 2.75) is 13.3 Å². The molecular formula is C17H16O2. The third-order valence-electron chi connectivity index (χ3n) is 3.12. The number of aliphatic hydroxyl groups is 1. The van der Waals surface area contributed by atoms with Crippen LogP contribution in [0.5, 0.6) is 0 Å². The molecule has 19 heavy (non-hydrogen) atoms. The number of ketones is 1. The van der Waals surface area contributed by atoms with Crippen molar-refractivity contribution in [1.29, 1.82) is 0 Å². The molecule has 0 atom stereocenters. The molecule has 0 spiro atoms. The summed E-state index contributed by atoms with van der Waals surface area (Å²) in [6.45, 7) is 5.39. The van der Waals surface area contributed by atoms with Gasteiger partial charge in [0.2, 0.25) is 0 Å².